The van der Waals surface area contributed by atoms with Crippen molar-refractivity contribution in [2.75, 3.05) is 0 Å². The summed E-state index contributed by atoms with van der Waals surface area (Å²) in [4.78, 5) is 0. The highest BCUT2D eigenvalue weighted by atomic mass is 35.5. The Kier molecular flexibility index (Phi) is 4.53. The zero-order valence-electron chi connectivity index (χ0n) is 15.7. The fourth-order valence-corrected chi connectivity index (χ4v) is 4.85. The third-order valence-corrected chi connectivity index (χ3v) is 6.55. The maximum Gasteiger partial charge on any atom is 0.244 e. The predicted molar refractivity (Wildman–Crippen MR) is 108 cm³/mol. The third-order valence-electron chi connectivity index (χ3n) is 6.07. The van der Waals surface area contributed by atoms with Gasteiger partial charge in [-0.25, -0.2) is 0 Å². The van der Waals surface area contributed by atoms with E-state index >= 15 is 0 Å². The molecular weight excluding hydrogens is 423 g/mol. The van der Waals surface area contributed by atoms with Crippen LogP contribution in [0.15, 0.2) is 48.5 Å². The molecule has 6 nitrogen and oxygen atoms in total. The minimum Gasteiger partial charge on any atom is -0.443 e. The van der Waals surface area contributed by atoms with E-state index in [0.29, 0.717) is 21.2 Å². The number of fused-ring (bicyclic) bond motifs is 2. The van der Waals surface area contributed by atoms with Crippen LogP contribution in [0.5, 0.6) is 0 Å². The Balaban J connectivity index is 2.04. The Morgan fingerprint density at radius 1 is 0.967 bits per heavy atom. The molecule has 4 atom stereocenters. The van der Waals surface area contributed by atoms with Gasteiger partial charge in [-0.3, -0.25) is 5.41 Å². The molecule has 0 radical (unpaired) electrons. The van der Waals surface area contributed by atoms with Gasteiger partial charge in [0, 0.05) is 15.6 Å². The van der Waals surface area contributed by atoms with Crippen molar-refractivity contribution < 1.29 is 9.47 Å². The van der Waals surface area contributed by atoms with Gasteiger partial charge in [-0.2, -0.15) is 15.8 Å². The molecule has 4 rings (SSSR count). The number of halogens is 2. The van der Waals surface area contributed by atoms with Crippen LogP contribution < -0.4 is 0 Å². The van der Waals surface area contributed by atoms with E-state index in [1.165, 1.54) is 0 Å². The Bertz CT molecular complexity index is 1160. The molecule has 2 aromatic carbocycles. The van der Waals surface area contributed by atoms with E-state index in [-0.39, 0.29) is 0 Å². The van der Waals surface area contributed by atoms with Gasteiger partial charge in [0.1, 0.15) is 6.10 Å². The molecule has 148 valence electrons. The number of nitriles is 3. The maximum atomic E-state index is 10.3. The molecular formula is C22H14Cl2N4O2. The molecule has 2 saturated heterocycles. The lowest BCUT2D eigenvalue weighted by Gasteiger charge is -2.48. The molecule has 0 saturated carbocycles. The molecule has 0 aromatic heterocycles. The molecule has 2 aliphatic heterocycles. The van der Waals surface area contributed by atoms with Gasteiger partial charge in [0.25, 0.3) is 0 Å². The molecule has 30 heavy (non-hydrogen) atoms. The fraction of sp³-hybridized carbons (Fsp3) is 0.273. The van der Waals surface area contributed by atoms with E-state index in [0.717, 1.165) is 0 Å². The van der Waals surface area contributed by atoms with Crippen LogP contribution in [-0.4, -0.2) is 5.90 Å². The summed E-state index contributed by atoms with van der Waals surface area (Å²) in [6.07, 6.45) is -1.19. The average Bonchev–Trinajstić information content (AvgIpc) is 2.90. The zero-order chi connectivity index (χ0) is 21.7. The normalized spacial score (nSPS) is 31.1. The van der Waals surface area contributed by atoms with Crippen molar-refractivity contribution >= 4 is 29.1 Å². The molecule has 4 unspecified atom stereocenters. The van der Waals surface area contributed by atoms with Crippen molar-refractivity contribution in [3.63, 3.8) is 0 Å². The van der Waals surface area contributed by atoms with Gasteiger partial charge >= 0.3 is 0 Å². The minimum absolute atomic E-state index is 0.384. The Labute approximate surface area is 183 Å². The molecule has 0 amide bonds. The molecule has 2 heterocycles. The van der Waals surface area contributed by atoms with Crippen molar-refractivity contribution in [2.24, 2.45) is 16.7 Å². The maximum absolute atomic E-state index is 10.3. The first kappa shape index (κ1) is 20.2. The fourth-order valence-electron chi connectivity index (χ4n) is 4.52. The van der Waals surface area contributed by atoms with Crippen LogP contribution in [0.1, 0.15) is 24.2 Å². The number of benzene rings is 2. The lowest BCUT2D eigenvalue weighted by molar-refractivity contribution is -0.288. The van der Waals surface area contributed by atoms with Crippen molar-refractivity contribution in [1.29, 1.82) is 21.2 Å². The van der Waals surface area contributed by atoms with Gasteiger partial charge in [0.2, 0.25) is 17.1 Å². The Hall–Kier alpha value is -3.08. The number of hydrogen-bond donors (Lipinski definition) is 1. The molecule has 0 spiro atoms. The Morgan fingerprint density at radius 3 is 2.20 bits per heavy atom. The van der Waals surface area contributed by atoms with Gasteiger partial charge < -0.3 is 9.47 Å². The lowest BCUT2D eigenvalue weighted by Crippen LogP contribution is -2.57. The van der Waals surface area contributed by atoms with Crippen LogP contribution in [-0.2, 0) is 15.3 Å². The first-order valence-corrected chi connectivity index (χ1v) is 9.78. The molecule has 2 aliphatic rings. The number of hydrogen-bond acceptors (Lipinski definition) is 6. The zero-order valence-corrected chi connectivity index (χ0v) is 17.2. The summed E-state index contributed by atoms with van der Waals surface area (Å²) in [5, 5.41) is 40.0. The Morgan fingerprint density at radius 2 is 1.63 bits per heavy atom. The van der Waals surface area contributed by atoms with E-state index < -0.39 is 34.5 Å². The molecule has 8 heteroatoms. The number of nitrogens with one attached hydrogen (secondary N) is 1. The number of ether oxygens (including phenoxy) is 2. The highest BCUT2D eigenvalue weighted by Gasteiger charge is 2.79. The second-order valence-electron chi connectivity index (χ2n) is 7.33. The first-order chi connectivity index (χ1) is 14.3. The second kappa shape index (κ2) is 6.73. The summed E-state index contributed by atoms with van der Waals surface area (Å²) in [5.74, 6) is -2.86. The standard InChI is InChI=1S/C22H14Cl2N4O2/c1-13-21(12-27)19(28)30-22(13,15-5-7-16(23)8-6-15)29-18(20(21,10-25)11-26)14-3-2-4-17(24)9-14/h2-9,13,18,28H,1H3. The lowest BCUT2D eigenvalue weighted by atomic mass is 9.53. The van der Waals surface area contributed by atoms with E-state index in [9.17, 15) is 15.8 Å². The van der Waals surface area contributed by atoms with Gasteiger partial charge in [-0.05, 0) is 29.8 Å². The van der Waals surface area contributed by atoms with Crippen LogP contribution in [0.3, 0.4) is 0 Å². The summed E-state index contributed by atoms with van der Waals surface area (Å²) < 4.78 is 12.3. The van der Waals surface area contributed by atoms with Gasteiger partial charge in [0.15, 0.2) is 5.41 Å². The smallest absolute Gasteiger partial charge is 0.244 e. The molecule has 1 N–H and O–H groups in total. The highest BCUT2D eigenvalue weighted by molar-refractivity contribution is 6.30. The summed E-state index contributed by atoms with van der Waals surface area (Å²) in [7, 11) is 0. The van der Waals surface area contributed by atoms with Gasteiger partial charge in [0.05, 0.1) is 24.1 Å². The van der Waals surface area contributed by atoms with E-state index in [4.69, 9.17) is 38.1 Å². The third kappa shape index (κ3) is 2.29. The van der Waals surface area contributed by atoms with Crippen LogP contribution in [0, 0.1) is 56.2 Å². The summed E-state index contributed by atoms with van der Waals surface area (Å²) in [6.45, 7) is 1.65. The quantitative estimate of drug-likeness (QED) is 0.702. The summed E-state index contributed by atoms with van der Waals surface area (Å²) in [5.41, 5.74) is -2.93. The predicted octanol–water partition coefficient (Wildman–Crippen LogP) is 5.10. The summed E-state index contributed by atoms with van der Waals surface area (Å²) in [6, 6.07) is 19.3. The van der Waals surface area contributed by atoms with Crippen molar-refractivity contribution in [3.05, 3.63) is 69.7 Å². The molecule has 2 fully saturated rings. The number of nitrogens with zero attached hydrogens (tertiary/aromatic N) is 3. The van der Waals surface area contributed by atoms with Crippen LogP contribution in [0.4, 0.5) is 0 Å². The van der Waals surface area contributed by atoms with Gasteiger partial charge in [-0.1, -0.05) is 54.4 Å². The second-order valence-corrected chi connectivity index (χ2v) is 8.20. The molecule has 2 aromatic rings. The largest absolute Gasteiger partial charge is 0.443 e. The SMILES string of the molecule is CC1C2(c3ccc(Cl)cc3)OC(=N)C1(C#N)C(C#N)(C#N)C(c1cccc(Cl)c1)O2. The van der Waals surface area contributed by atoms with Crippen molar-refractivity contribution in [1.82, 2.24) is 0 Å². The number of rotatable bonds is 2. The highest BCUT2D eigenvalue weighted by Crippen LogP contribution is 2.69. The van der Waals surface area contributed by atoms with E-state index in [2.05, 4.69) is 6.07 Å². The van der Waals surface area contributed by atoms with Gasteiger partial charge in [-0.15, -0.1) is 0 Å². The first-order valence-electron chi connectivity index (χ1n) is 9.02. The van der Waals surface area contributed by atoms with Crippen LogP contribution in [0.2, 0.25) is 10.0 Å². The monoisotopic (exact) mass is 436 g/mol. The summed E-state index contributed by atoms with van der Waals surface area (Å²) >= 11 is 12.2. The topological polar surface area (TPSA) is 114 Å². The van der Waals surface area contributed by atoms with Crippen molar-refractivity contribution in [2.45, 2.75) is 18.8 Å². The molecule has 2 bridgehead atoms. The van der Waals surface area contributed by atoms with Crippen LogP contribution >= 0.6 is 23.2 Å². The van der Waals surface area contributed by atoms with Crippen molar-refractivity contribution in [3.8, 4) is 18.2 Å². The van der Waals surface area contributed by atoms with E-state index in [1.807, 2.05) is 12.1 Å². The average molecular weight is 437 g/mol. The molecule has 0 aliphatic carbocycles. The minimum atomic E-state index is -2.03. The van der Waals surface area contributed by atoms with Crippen LogP contribution in [0.25, 0.3) is 0 Å². The van der Waals surface area contributed by atoms with E-state index in [1.54, 1.807) is 55.5 Å².